The van der Waals surface area contributed by atoms with E-state index in [1.807, 2.05) is 27.7 Å². The Morgan fingerprint density at radius 3 is 2.26 bits per heavy atom. The maximum Gasteiger partial charge on any atom is 0.494 e. The summed E-state index contributed by atoms with van der Waals surface area (Å²) in [5, 5.41) is 0. The van der Waals surface area contributed by atoms with Crippen molar-refractivity contribution in [3.05, 3.63) is 22.7 Å². The van der Waals surface area contributed by atoms with Crippen LogP contribution in [0.1, 0.15) is 42.8 Å². The van der Waals surface area contributed by atoms with E-state index in [9.17, 15) is 0 Å². The number of nitrogens with zero attached hydrogens (tertiary/aromatic N) is 2. The molecule has 0 saturated carbocycles. The Balaban J connectivity index is 2.20. The Morgan fingerprint density at radius 2 is 1.70 bits per heavy atom. The standard InChI is InChI=1S/C17H26BBrN2O2/c1-16(2)17(3,4)23-18(22-16)13-10-14(19)12-15(11-13)21-8-6-20(5)7-9-21/h10-12H,6-9H2,1-5H3/i5D3,6D2,7D2,8D2,9D2. The van der Waals surface area contributed by atoms with Gasteiger partial charge in [0, 0.05) is 45.7 Å². The molecule has 0 spiro atoms. The minimum atomic E-state index is -3.47. The van der Waals surface area contributed by atoms with Crippen LogP contribution in [-0.4, -0.2) is 56.2 Å². The van der Waals surface area contributed by atoms with E-state index in [1.165, 1.54) is 12.1 Å². The predicted molar refractivity (Wildman–Crippen MR) is 99.6 cm³/mol. The van der Waals surface area contributed by atoms with E-state index < -0.39 is 51.3 Å². The van der Waals surface area contributed by atoms with Crippen molar-refractivity contribution in [3.63, 3.8) is 0 Å². The number of likely N-dealkylation sites (N-methyl/N-ethyl adjacent to an activating group) is 1. The summed E-state index contributed by atoms with van der Waals surface area (Å²) in [6, 6.07) is 4.22. The van der Waals surface area contributed by atoms with Gasteiger partial charge in [-0.1, -0.05) is 15.9 Å². The highest BCUT2D eigenvalue weighted by atomic mass is 79.9. The zero-order chi connectivity index (χ0) is 26.5. The molecule has 0 aromatic heterocycles. The van der Waals surface area contributed by atoms with Gasteiger partial charge in [-0.25, -0.2) is 0 Å². The summed E-state index contributed by atoms with van der Waals surface area (Å²) in [5.74, 6) is 0. The zero-order valence-corrected chi connectivity index (χ0v) is 15.0. The molecule has 126 valence electrons. The molecule has 0 N–H and O–H groups in total. The second kappa shape index (κ2) is 6.06. The summed E-state index contributed by atoms with van der Waals surface area (Å²) in [5.41, 5.74) is -1.28. The fourth-order valence-electron chi connectivity index (χ4n) is 2.23. The summed E-state index contributed by atoms with van der Waals surface area (Å²) < 4.78 is 102. The third-order valence-corrected chi connectivity index (χ3v) is 4.69. The van der Waals surface area contributed by atoms with Crippen LogP contribution in [0, 0.1) is 0 Å². The molecular weight excluding hydrogens is 355 g/mol. The quantitative estimate of drug-likeness (QED) is 0.723. The summed E-state index contributed by atoms with van der Waals surface area (Å²) in [6.45, 7) is -9.68. The van der Waals surface area contributed by atoms with Gasteiger partial charge < -0.3 is 19.1 Å². The molecule has 1 aromatic carbocycles. The van der Waals surface area contributed by atoms with E-state index in [1.54, 1.807) is 6.07 Å². The van der Waals surface area contributed by atoms with Gasteiger partial charge >= 0.3 is 7.12 Å². The lowest BCUT2D eigenvalue weighted by Gasteiger charge is -2.34. The molecule has 0 atom stereocenters. The van der Waals surface area contributed by atoms with Crippen LogP contribution in [0.4, 0.5) is 5.69 Å². The van der Waals surface area contributed by atoms with E-state index in [0.29, 0.717) is 14.8 Å². The van der Waals surface area contributed by atoms with Crippen LogP contribution in [0.3, 0.4) is 0 Å². The highest BCUT2D eigenvalue weighted by molar-refractivity contribution is 9.10. The van der Waals surface area contributed by atoms with Gasteiger partial charge in [0.1, 0.15) is 0 Å². The molecule has 0 unspecified atom stereocenters. The van der Waals surface area contributed by atoms with Crippen LogP contribution < -0.4 is 10.4 Å². The molecule has 6 heteroatoms. The Kier molecular flexibility index (Phi) is 2.17. The minimum absolute atomic E-state index is 0.230. The molecule has 2 fully saturated rings. The lowest BCUT2D eigenvalue weighted by molar-refractivity contribution is 0.00578. The lowest BCUT2D eigenvalue weighted by Crippen LogP contribution is -2.45. The Hall–Kier alpha value is -0.555. The monoisotopic (exact) mass is 391 g/mol. The van der Waals surface area contributed by atoms with E-state index in [2.05, 4.69) is 15.9 Å². The molecule has 3 rings (SSSR count). The SMILES string of the molecule is [2H]C([2H])([2H])N1C([2H])([2H])C([2H])([2H])N(c2cc(Br)cc(B3OC(C)(C)C(C)(C)O3)c2)C([2H])([2H])C1([2H])[2H]. The first-order valence-electron chi connectivity index (χ1n) is 12.7. The third kappa shape index (κ3) is 3.45. The molecule has 23 heavy (non-hydrogen) atoms. The van der Waals surface area contributed by atoms with Gasteiger partial charge in [-0.05, 0) is 58.3 Å². The average Bonchev–Trinajstić information content (AvgIpc) is 2.78. The first kappa shape index (κ1) is 8.22. The average molecular weight is 392 g/mol. The fourth-order valence-corrected chi connectivity index (χ4v) is 2.72. The largest absolute Gasteiger partial charge is 0.494 e. The molecule has 2 aliphatic rings. The Bertz CT molecular complexity index is 943. The summed E-state index contributed by atoms with van der Waals surface area (Å²) in [7, 11) is -0.921. The lowest BCUT2D eigenvalue weighted by atomic mass is 9.79. The van der Waals surface area contributed by atoms with Gasteiger partial charge in [0.2, 0.25) is 0 Å². The number of anilines is 1. The van der Waals surface area contributed by atoms with Crippen molar-refractivity contribution in [1.82, 2.24) is 4.90 Å². The molecule has 1 aromatic rings. The summed E-state index contributed by atoms with van der Waals surface area (Å²) >= 11 is 3.29. The number of piperazine rings is 1. The molecule has 4 nitrogen and oxygen atoms in total. The second-order valence-electron chi connectivity index (χ2n) is 6.45. The van der Waals surface area contributed by atoms with Gasteiger partial charge in [0.25, 0.3) is 0 Å². The van der Waals surface area contributed by atoms with Crippen LogP contribution in [0.15, 0.2) is 22.7 Å². The molecule has 0 bridgehead atoms. The number of hydrogen-bond acceptors (Lipinski definition) is 4. The van der Waals surface area contributed by atoms with Gasteiger partial charge in [-0.15, -0.1) is 0 Å². The van der Waals surface area contributed by atoms with Crippen LogP contribution in [0.5, 0.6) is 0 Å². The Morgan fingerprint density at radius 1 is 1.09 bits per heavy atom. The van der Waals surface area contributed by atoms with Crippen LogP contribution in [-0.2, 0) is 9.31 Å². The molecule has 2 saturated heterocycles. The number of benzene rings is 1. The van der Waals surface area contributed by atoms with Crippen LogP contribution >= 0.6 is 15.9 Å². The van der Waals surface area contributed by atoms with Crippen molar-refractivity contribution >= 4 is 34.2 Å². The van der Waals surface area contributed by atoms with Crippen LogP contribution in [0.25, 0.3) is 0 Å². The van der Waals surface area contributed by atoms with Crippen molar-refractivity contribution in [3.8, 4) is 0 Å². The van der Waals surface area contributed by atoms with Crippen molar-refractivity contribution in [2.75, 3.05) is 37.9 Å². The first-order chi connectivity index (χ1) is 14.9. The molecular formula is C17H26BBrN2O2. The molecule has 2 aliphatic heterocycles. The Labute approximate surface area is 163 Å². The first-order valence-corrected chi connectivity index (χ1v) is 7.97. The smallest absolute Gasteiger partial charge is 0.399 e. The predicted octanol–water partition coefficient (Wildman–Crippen LogP) is 2.50. The van der Waals surface area contributed by atoms with E-state index in [-0.39, 0.29) is 10.6 Å². The minimum Gasteiger partial charge on any atom is -0.399 e. The van der Waals surface area contributed by atoms with Crippen molar-refractivity contribution in [1.29, 1.82) is 0 Å². The topological polar surface area (TPSA) is 24.9 Å². The van der Waals surface area contributed by atoms with Crippen LogP contribution in [0.2, 0.25) is 0 Å². The third-order valence-electron chi connectivity index (χ3n) is 4.24. The maximum absolute atomic E-state index is 8.48. The molecule has 0 radical (unpaired) electrons. The van der Waals surface area contributed by atoms with E-state index >= 15 is 0 Å². The second-order valence-corrected chi connectivity index (χ2v) is 7.36. The molecule has 0 amide bonds. The van der Waals surface area contributed by atoms with E-state index in [0.717, 1.165) is 0 Å². The van der Waals surface area contributed by atoms with Crippen molar-refractivity contribution < 1.29 is 24.4 Å². The fraction of sp³-hybridized carbons (Fsp3) is 0.647. The van der Waals surface area contributed by atoms with E-state index in [4.69, 9.17) is 24.4 Å². The highest BCUT2D eigenvalue weighted by Crippen LogP contribution is 2.37. The normalized spacial score (nSPS) is 40.7. The van der Waals surface area contributed by atoms with Gasteiger partial charge in [0.05, 0.1) is 16.7 Å². The highest BCUT2D eigenvalue weighted by Gasteiger charge is 2.51. The van der Waals surface area contributed by atoms with Crippen molar-refractivity contribution in [2.24, 2.45) is 0 Å². The number of rotatable bonds is 2. The number of halogens is 1. The zero-order valence-electron chi connectivity index (χ0n) is 24.4. The number of hydrogen-bond donors (Lipinski definition) is 0. The molecule has 0 aliphatic carbocycles. The maximum atomic E-state index is 8.48. The van der Waals surface area contributed by atoms with Crippen molar-refractivity contribution in [2.45, 2.75) is 38.9 Å². The molecule has 2 heterocycles. The van der Waals surface area contributed by atoms with Gasteiger partial charge in [0.15, 0.2) is 0 Å². The summed E-state index contributed by atoms with van der Waals surface area (Å²) in [4.78, 5) is -0.0433. The summed E-state index contributed by atoms with van der Waals surface area (Å²) in [6.07, 6.45) is 0. The van der Waals surface area contributed by atoms with Gasteiger partial charge in [-0.3, -0.25) is 0 Å². The van der Waals surface area contributed by atoms with Gasteiger partial charge in [-0.2, -0.15) is 0 Å².